The molecule has 174 valence electrons. The minimum atomic E-state index is -4.41. The van der Waals surface area contributed by atoms with E-state index in [-0.39, 0.29) is 6.61 Å². The molecule has 33 heavy (non-hydrogen) atoms. The lowest BCUT2D eigenvalue weighted by Crippen LogP contribution is -2.12. The van der Waals surface area contributed by atoms with Crippen LogP contribution in [0.4, 0.5) is 19.0 Å². The van der Waals surface area contributed by atoms with Gasteiger partial charge in [-0.2, -0.15) is 13.2 Å². The van der Waals surface area contributed by atoms with Crippen LogP contribution >= 0.6 is 0 Å². The van der Waals surface area contributed by atoms with Crippen molar-refractivity contribution >= 4 is 28.3 Å². The van der Waals surface area contributed by atoms with E-state index in [1.54, 1.807) is 26.8 Å². The summed E-state index contributed by atoms with van der Waals surface area (Å²) in [5.74, 6) is 0.617. The highest BCUT2D eigenvalue weighted by Gasteiger charge is 2.30. The molecule has 3 rings (SSSR count). The Bertz CT molecular complexity index is 1220. The number of hydrogen-bond donors (Lipinski definition) is 1. The number of ether oxygens (including phenoxy) is 1. The van der Waals surface area contributed by atoms with Crippen LogP contribution in [0.3, 0.4) is 0 Å². The smallest absolute Gasteiger partial charge is 0.416 e. The van der Waals surface area contributed by atoms with Gasteiger partial charge in [0.2, 0.25) is 0 Å². The number of halogens is 3. The van der Waals surface area contributed by atoms with Crippen LogP contribution in [0.15, 0.2) is 42.5 Å². The molecule has 0 aliphatic rings. The molecule has 1 atom stereocenters. The number of benzene rings is 2. The number of nitrogens with zero attached hydrogens (tertiary/aromatic N) is 2. The minimum absolute atomic E-state index is 0.286. The SMILES string of the molecule is CCOC(=O)/C=C(\C)c1cc2c(N[C@H](C)c3cccc(C(F)(F)F)c3)nc(C)nc2cc1C. The Balaban J connectivity index is 2.03. The van der Waals surface area contributed by atoms with E-state index in [0.29, 0.717) is 28.1 Å². The lowest BCUT2D eigenvalue weighted by Gasteiger charge is -2.19. The maximum absolute atomic E-state index is 13.1. The lowest BCUT2D eigenvalue weighted by atomic mass is 9.98. The van der Waals surface area contributed by atoms with E-state index in [9.17, 15) is 18.0 Å². The first-order valence-electron chi connectivity index (χ1n) is 10.6. The lowest BCUT2D eigenvalue weighted by molar-refractivity contribution is -0.138. The summed E-state index contributed by atoms with van der Waals surface area (Å²) in [5.41, 5.74) is 2.97. The van der Waals surface area contributed by atoms with Crippen LogP contribution in [-0.2, 0) is 15.7 Å². The molecule has 0 amide bonds. The molecule has 0 spiro atoms. The van der Waals surface area contributed by atoms with Gasteiger partial charge in [0.15, 0.2) is 0 Å². The molecule has 5 nitrogen and oxygen atoms in total. The molecule has 0 saturated carbocycles. The van der Waals surface area contributed by atoms with Crippen LogP contribution in [0.5, 0.6) is 0 Å². The van der Waals surface area contributed by atoms with Crippen molar-refractivity contribution in [2.45, 2.75) is 46.8 Å². The summed E-state index contributed by atoms with van der Waals surface area (Å²) in [7, 11) is 0. The molecule has 0 fully saturated rings. The van der Waals surface area contributed by atoms with Crippen molar-refractivity contribution in [3.8, 4) is 0 Å². The number of alkyl halides is 3. The third kappa shape index (κ3) is 5.69. The van der Waals surface area contributed by atoms with Crippen LogP contribution in [0.25, 0.3) is 16.5 Å². The van der Waals surface area contributed by atoms with Gasteiger partial charge in [-0.3, -0.25) is 0 Å². The highest BCUT2D eigenvalue weighted by molar-refractivity contribution is 5.96. The topological polar surface area (TPSA) is 64.1 Å². The number of rotatable bonds is 6. The highest BCUT2D eigenvalue weighted by atomic mass is 19.4. The Morgan fingerprint density at radius 2 is 1.91 bits per heavy atom. The molecule has 2 aromatic carbocycles. The summed E-state index contributed by atoms with van der Waals surface area (Å²) in [4.78, 5) is 20.9. The Morgan fingerprint density at radius 1 is 1.18 bits per heavy atom. The van der Waals surface area contributed by atoms with Gasteiger partial charge < -0.3 is 10.1 Å². The van der Waals surface area contributed by atoms with Crippen molar-refractivity contribution in [2.24, 2.45) is 0 Å². The Hall–Kier alpha value is -3.42. The van der Waals surface area contributed by atoms with E-state index in [1.165, 1.54) is 12.1 Å². The number of fused-ring (bicyclic) bond motifs is 1. The van der Waals surface area contributed by atoms with Crippen LogP contribution in [0, 0.1) is 13.8 Å². The van der Waals surface area contributed by atoms with Crippen LogP contribution in [-0.4, -0.2) is 22.5 Å². The number of aromatic nitrogens is 2. The van der Waals surface area contributed by atoms with Gasteiger partial charge in [-0.25, -0.2) is 14.8 Å². The summed E-state index contributed by atoms with van der Waals surface area (Å²) < 4.78 is 44.4. The zero-order valence-electron chi connectivity index (χ0n) is 19.2. The molecule has 8 heteroatoms. The minimum Gasteiger partial charge on any atom is -0.463 e. The van der Waals surface area contributed by atoms with Gasteiger partial charge in [-0.05, 0) is 81.1 Å². The van der Waals surface area contributed by atoms with E-state index in [1.807, 2.05) is 26.0 Å². The van der Waals surface area contributed by atoms with Gasteiger partial charge in [-0.1, -0.05) is 12.1 Å². The van der Waals surface area contributed by atoms with Gasteiger partial charge in [0.1, 0.15) is 11.6 Å². The molecular weight excluding hydrogens is 431 g/mol. The number of nitrogens with one attached hydrogen (secondary N) is 1. The van der Waals surface area contributed by atoms with Crippen molar-refractivity contribution in [1.29, 1.82) is 0 Å². The predicted octanol–water partition coefficient (Wildman–Crippen LogP) is 6.40. The quantitative estimate of drug-likeness (QED) is 0.343. The van der Waals surface area contributed by atoms with Gasteiger partial charge in [0.05, 0.1) is 17.7 Å². The first-order valence-corrected chi connectivity index (χ1v) is 10.6. The molecule has 0 saturated heterocycles. The van der Waals surface area contributed by atoms with E-state index >= 15 is 0 Å². The molecular formula is C25H26F3N3O2. The Kier molecular flexibility index (Phi) is 7.05. The van der Waals surface area contributed by atoms with Gasteiger partial charge >= 0.3 is 12.1 Å². The van der Waals surface area contributed by atoms with Gasteiger partial charge in [0.25, 0.3) is 0 Å². The summed E-state index contributed by atoms with van der Waals surface area (Å²) in [6, 6.07) is 8.57. The summed E-state index contributed by atoms with van der Waals surface area (Å²) in [6.07, 6.45) is -2.98. The number of anilines is 1. The summed E-state index contributed by atoms with van der Waals surface area (Å²) in [6.45, 7) is 9.31. The number of carbonyl (C=O) groups excluding carboxylic acids is 1. The largest absolute Gasteiger partial charge is 0.463 e. The average Bonchev–Trinajstić information content (AvgIpc) is 2.72. The summed E-state index contributed by atoms with van der Waals surface area (Å²) >= 11 is 0. The molecule has 3 aromatic rings. The second-order valence-corrected chi connectivity index (χ2v) is 7.87. The van der Waals surface area contributed by atoms with Gasteiger partial charge in [-0.15, -0.1) is 0 Å². The first kappa shape index (κ1) is 24.2. The third-order valence-corrected chi connectivity index (χ3v) is 5.27. The fourth-order valence-electron chi connectivity index (χ4n) is 3.64. The molecule has 0 aliphatic heterocycles. The van der Waals surface area contributed by atoms with E-state index < -0.39 is 23.8 Å². The second kappa shape index (κ2) is 9.60. The Morgan fingerprint density at radius 3 is 2.58 bits per heavy atom. The second-order valence-electron chi connectivity index (χ2n) is 7.87. The van der Waals surface area contributed by atoms with Crippen molar-refractivity contribution in [3.05, 3.63) is 70.6 Å². The van der Waals surface area contributed by atoms with Crippen molar-refractivity contribution in [1.82, 2.24) is 9.97 Å². The normalized spacial score (nSPS) is 13.2. The number of hydrogen-bond acceptors (Lipinski definition) is 5. The van der Waals surface area contributed by atoms with E-state index in [2.05, 4.69) is 15.3 Å². The van der Waals surface area contributed by atoms with Gasteiger partial charge in [0, 0.05) is 17.5 Å². The van der Waals surface area contributed by atoms with Crippen molar-refractivity contribution in [3.63, 3.8) is 0 Å². The van der Waals surface area contributed by atoms with Crippen LogP contribution in [0.2, 0.25) is 0 Å². The zero-order valence-corrected chi connectivity index (χ0v) is 19.2. The maximum atomic E-state index is 13.1. The predicted molar refractivity (Wildman–Crippen MR) is 123 cm³/mol. The number of esters is 1. The maximum Gasteiger partial charge on any atom is 0.416 e. The van der Waals surface area contributed by atoms with Crippen LogP contribution in [0.1, 0.15) is 54.9 Å². The Labute approximate surface area is 190 Å². The number of aryl methyl sites for hydroxylation is 2. The monoisotopic (exact) mass is 457 g/mol. The average molecular weight is 457 g/mol. The molecule has 0 unspecified atom stereocenters. The third-order valence-electron chi connectivity index (χ3n) is 5.27. The molecule has 0 aliphatic carbocycles. The molecule has 0 bridgehead atoms. The first-order chi connectivity index (χ1) is 15.5. The van der Waals surface area contributed by atoms with Crippen LogP contribution < -0.4 is 5.32 Å². The standard InChI is InChI=1S/C25H26F3N3O2/c1-6-33-23(32)11-15(3)20-13-21-22(10-14(20)2)30-17(5)31-24(21)29-16(4)18-8-7-9-19(12-18)25(26,27)28/h7-13,16H,6H2,1-5H3,(H,29,30,31)/b15-11+/t16-/m1/s1. The molecule has 0 radical (unpaired) electrons. The summed E-state index contributed by atoms with van der Waals surface area (Å²) in [5, 5.41) is 3.94. The van der Waals surface area contributed by atoms with Crippen molar-refractivity contribution < 1.29 is 22.7 Å². The molecule has 1 heterocycles. The molecule has 1 N–H and O–H groups in total. The van der Waals surface area contributed by atoms with Crippen molar-refractivity contribution in [2.75, 3.05) is 11.9 Å². The van der Waals surface area contributed by atoms with E-state index in [4.69, 9.17) is 4.74 Å². The fraction of sp³-hybridized carbons (Fsp3) is 0.320. The fourth-order valence-corrected chi connectivity index (χ4v) is 3.64. The number of carbonyl (C=O) groups is 1. The zero-order chi connectivity index (χ0) is 24.3. The van der Waals surface area contributed by atoms with E-state index in [0.717, 1.165) is 28.8 Å². The molecule has 1 aromatic heterocycles. The number of allylic oxidation sites excluding steroid dienone is 1. The highest BCUT2D eigenvalue weighted by Crippen LogP contribution is 2.33.